The van der Waals surface area contributed by atoms with Crippen LogP contribution in [0.2, 0.25) is 10.0 Å². The molecule has 1 heterocycles. The minimum absolute atomic E-state index is 0.0599. The highest BCUT2D eigenvalue weighted by Gasteiger charge is 2.53. The molecule has 4 aromatic rings. The Morgan fingerprint density at radius 1 is 1.00 bits per heavy atom. The summed E-state index contributed by atoms with van der Waals surface area (Å²) in [6.45, 7) is 0.779. The predicted octanol–water partition coefficient (Wildman–Crippen LogP) is 7.70. The predicted molar refractivity (Wildman–Crippen MR) is 182 cm³/mol. The Labute approximate surface area is 281 Å². The second kappa shape index (κ2) is 15.6. The fraction of sp³-hybridized carbons (Fsp3) is 0.200. The van der Waals surface area contributed by atoms with E-state index in [4.69, 9.17) is 42.8 Å². The largest absolute Gasteiger partial charge is 0.494 e. The second-order valence-electron chi connectivity index (χ2n) is 10.4. The van der Waals surface area contributed by atoms with Gasteiger partial charge in [0.15, 0.2) is 11.6 Å². The zero-order valence-electron chi connectivity index (χ0n) is 24.3. The lowest BCUT2D eigenvalue weighted by molar-refractivity contribution is -0.129. The zero-order chi connectivity index (χ0) is 31.6. The maximum Gasteiger partial charge on any atom is 0.266 e. The Morgan fingerprint density at radius 2 is 1.76 bits per heavy atom. The molecule has 0 radical (unpaired) electrons. The maximum atomic E-state index is 14.3. The number of carbonyl (C=O) groups is 1. The van der Waals surface area contributed by atoms with E-state index < -0.39 is 11.6 Å². The molecule has 5 rings (SSSR count). The lowest BCUT2D eigenvalue weighted by Crippen LogP contribution is -2.52. The summed E-state index contributed by atoms with van der Waals surface area (Å²) >= 11 is 15.9. The molecule has 0 unspecified atom stereocenters. The highest BCUT2D eigenvalue weighted by atomic mass is 79.9. The number of hydrogen-bond donors (Lipinski definition) is 3. The van der Waals surface area contributed by atoms with Gasteiger partial charge >= 0.3 is 0 Å². The van der Waals surface area contributed by atoms with Crippen molar-refractivity contribution in [1.82, 2.24) is 10.9 Å². The number of aliphatic hydroxyl groups excluding tert-OH is 1. The number of amides is 1. The summed E-state index contributed by atoms with van der Waals surface area (Å²) in [5, 5.41) is 9.95. The van der Waals surface area contributed by atoms with Crippen LogP contribution in [0.1, 0.15) is 41.2 Å². The molecule has 45 heavy (non-hydrogen) atoms. The molecule has 1 aliphatic heterocycles. The molecule has 1 aliphatic rings. The van der Waals surface area contributed by atoms with Crippen molar-refractivity contribution >= 4 is 57.0 Å². The number of carbonyl (C=O) groups excluding carboxylic acids is 1. The first-order chi connectivity index (χ1) is 21.9. The van der Waals surface area contributed by atoms with Gasteiger partial charge in [-0.25, -0.2) is 10.4 Å². The minimum atomic E-state index is -1.37. The fourth-order valence-corrected chi connectivity index (χ4v) is 5.72. The molecule has 3 N–H and O–H groups in total. The Morgan fingerprint density at radius 3 is 2.49 bits per heavy atom. The monoisotopic (exact) mass is 707 g/mol. The van der Waals surface area contributed by atoms with E-state index in [2.05, 4.69) is 26.8 Å². The normalized spacial score (nSPS) is 17.6. The average Bonchev–Trinajstić information content (AvgIpc) is 3.44. The van der Waals surface area contributed by atoms with Crippen LogP contribution in [0.4, 0.5) is 0 Å². The molecule has 4 aromatic carbocycles. The van der Waals surface area contributed by atoms with Crippen molar-refractivity contribution in [3.63, 3.8) is 0 Å². The van der Waals surface area contributed by atoms with Crippen molar-refractivity contribution in [1.29, 1.82) is 0 Å². The van der Waals surface area contributed by atoms with E-state index in [0.29, 0.717) is 46.8 Å². The standard InChI is InChI=1S/C35H32BrCl2N3O4/c36-29-12-5-4-11-28(29)32-35(19-6-10-24-8-2-1-3-9-24,34(43)41-39-23-25-13-18-30(37)31(38)22-25)40-33(45-32)26-14-16-27(17-15-26)44-21-7-20-42/h1-6,8-18,22,32,39,42H,7,19-21,23H2,(H,41,43)/b10-6+/t32-,35-/m0/s1. The molecule has 0 fully saturated rings. The summed E-state index contributed by atoms with van der Waals surface area (Å²) in [6.07, 6.45) is 3.96. The molecule has 1 amide bonds. The fourth-order valence-electron chi connectivity index (χ4n) is 4.90. The molecule has 10 heteroatoms. The van der Waals surface area contributed by atoms with Gasteiger partial charge in [0, 0.05) is 41.6 Å². The van der Waals surface area contributed by atoms with Crippen molar-refractivity contribution in [2.45, 2.75) is 31.0 Å². The number of nitrogens with one attached hydrogen (secondary N) is 2. The number of nitrogens with zero attached hydrogens (tertiary/aromatic N) is 1. The number of halogens is 3. The molecule has 0 saturated carbocycles. The van der Waals surface area contributed by atoms with Gasteiger partial charge in [0.1, 0.15) is 5.75 Å². The van der Waals surface area contributed by atoms with Crippen LogP contribution < -0.4 is 15.6 Å². The SMILES string of the molecule is O=C(NNCc1ccc(Cl)c(Cl)c1)[C@@]1(C/C=C/c2ccccc2)N=C(c2ccc(OCCCO)cc2)O[C@H]1c1ccccc1Br. The van der Waals surface area contributed by atoms with Gasteiger partial charge in [-0.3, -0.25) is 10.2 Å². The Balaban J connectivity index is 1.49. The number of aliphatic hydroxyl groups is 1. The van der Waals surface area contributed by atoms with Gasteiger partial charge in [0.25, 0.3) is 5.91 Å². The molecule has 2 atom stereocenters. The summed E-state index contributed by atoms with van der Waals surface area (Å²) in [5.74, 6) is 0.639. The minimum Gasteiger partial charge on any atom is -0.494 e. The van der Waals surface area contributed by atoms with Crippen molar-refractivity contribution < 1.29 is 19.4 Å². The third-order valence-electron chi connectivity index (χ3n) is 7.23. The average molecular weight is 709 g/mol. The van der Waals surface area contributed by atoms with Gasteiger partial charge in [-0.1, -0.05) is 106 Å². The van der Waals surface area contributed by atoms with E-state index in [1.54, 1.807) is 12.1 Å². The van der Waals surface area contributed by atoms with E-state index in [9.17, 15) is 4.79 Å². The van der Waals surface area contributed by atoms with E-state index in [-0.39, 0.29) is 18.9 Å². The molecule has 232 valence electrons. The quantitative estimate of drug-likeness (QED) is 0.0979. The van der Waals surface area contributed by atoms with Crippen LogP contribution in [0, 0.1) is 0 Å². The number of aliphatic imine (C=N–C) groups is 1. The van der Waals surface area contributed by atoms with Gasteiger partial charge in [-0.15, -0.1) is 0 Å². The van der Waals surface area contributed by atoms with Gasteiger partial charge in [-0.05, 0) is 53.6 Å². The number of benzene rings is 4. The van der Waals surface area contributed by atoms with Crippen LogP contribution >= 0.6 is 39.1 Å². The zero-order valence-corrected chi connectivity index (χ0v) is 27.4. The highest BCUT2D eigenvalue weighted by Crippen LogP contribution is 2.45. The summed E-state index contributed by atoms with van der Waals surface area (Å²) in [4.78, 5) is 19.3. The lowest BCUT2D eigenvalue weighted by Gasteiger charge is -2.30. The summed E-state index contributed by atoms with van der Waals surface area (Å²) < 4.78 is 13.1. The molecule has 0 aliphatic carbocycles. The molecular formula is C35H32BrCl2N3O4. The molecule has 0 aromatic heterocycles. The molecule has 0 spiro atoms. The smallest absolute Gasteiger partial charge is 0.266 e. The summed E-state index contributed by atoms with van der Waals surface area (Å²) in [5.41, 5.74) is 7.88. The van der Waals surface area contributed by atoms with Gasteiger partial charge < -0.3 is 14.6 Å². The first-order valence-electron chi connectivity index (χ1n) is 14.4. The number of ether oxygens (including phenoxy) is 2. The number of hydrazine groups is 1. The van der Waals surface area contributed by atoms with Crippen LogP contribution in [0.25, 0.3) is 6.08 Å². The molecule has 0 bridgehead atoms. The van der Waals surface area contributed by atoms with Crippen molar-refractivity contribution in [2.75, 3.05) is 13.2 Å². The Kier molecular flexibility index (Phi) is 11.3. The van der Waals surface area contributed by atoms with Crippen molar-refractivity contribution in [3.05, 3.63) is 140 Å². The van der Waals surface area contributed by atoms with Crippen LogP contribution in [0.3, 0.4) is 0 Å². The second-order valence-corrected chi connectivity index (χ2v) is 12.1. The van der Waals surface area contributed by atoms with E-state index >= 15 is 0 Å². The first-order valence-corrected chi connectivity index (χ1v) is 16.0. The van der Waals surface area contributed by atoms with Gasteiger partial charge in [0.05, 0.1) is 16.7 Å². The van der Waals surface area contributed by atoms with Crippen LogP contribution in [0.5, 0.6) is 5.75 Å². The van der Waals surface area contributed by atoms with Crippen molar-refractivity contribution in [3.8, 4) is 5.75 Å². The van der Waals surface area contributed by atoms with E-state index in [1.807, 2.05) is 97.1 Å². The maximum absolute atomic E-state index is 14.3. The summed E-state index contributed by atoms with van der Waals surface area (Å²) in [6, 6.07) is 30.2. The Bertz CT molecular complexity index is 1670. The van der Waals surface area contributed by atoms with E-state index in [0.717, 1.165) is 21.2 Å². The first kappa shape index (κ1) is 32.7. The van der Waals surface area contributed by atoms with Crippen LogP contribution in [-0.4, -0.2) is 35.7 Å². The van der Waals surface area contributed by atoms with Crippen LogP contribution in [0.15, 0.2) is 113 Å². The summed E-state index contributed by atoms with van der Waals surface area (Å²) in [7, 11) is 0. The van der Waals surface area contributed by atoms with E-state index in [1.165, 1.54) is 0 Å². The topological polar surface area (TPSA) is 92.2 Å². The number of rotatable bonds is 13. The van der Waals surface area contributed by atoms with Crippen LogP contribution in [-0.2, 0) is 16.1 Å². The van der Waals surface area contributed by atoms with Crippen molar-refractivity contribution in [2.24, 2.45) is 4.99 Å². The molecular weight excluding hydrogens is 677 g/mol. The third-order valence-corrected chi connectivity index (χ3v) is 8.70. The molecule has 7 nitrogen and oxygen atoms in total. The molecule has 0 saturated heterocycles. The highest BCUT2D eigenvalue weighted by molar-refractivity contribution is 9.10. The van der Waals surface area contributed by atoms with Gasteiger partial charge in [-0.2, -0.15) is 0 Å². The lowest BCUT2D eigenvalue weighted by atomic mass is 9.84. The number of hydrogen-bond acceptors (Lipinski definition) is 6. The Hall–Kier alpha value is -3.66. The van der Waals surface area contributed by atoms with Gasteiger partial charge in [0.2, 0.25) is 5.90 Å². The third kappa shape index (κ3) is 8.14.